The third kappa shape index (κ3) is 2.69. The van der Waals surface area contributed by atoms with E-state index in [1.807, 2.05) is 0 Å². The first-order valence-corrected chi connectivity index (χ1v) is 7.12. The van der Waals surface area contributed by atoms with Crippen LogP contribution in [-0.4, -0.2) is 38.9 Å². The molecule has 1 aliphatic heterocycles. The summed E-state index contributed by atoms with van der Waals surface area (Å²) >= 11 is 13.2. The van der Waals surface area contributed by atoms with E-state index >= 15 is 0 Å². The van der Waals surface area contributed by atoms with Gasteiger partial charge in [0.05, 0.1) is 22.0 Å². The molecule has 1 saturated heterocycles. The van der Waals surface area contributed by atoms with Gasteiger partial charge < -0.3 is 10.2 Å². The summed E-state index contributed by atoms with van der Waals surface area (Å²) in [6, 6.07) is 4.36. The molecule has 1 amide bonds. The molecule has 0 aromatic heterocycles. The molecule has 0 aliphatic carbocycles. The second kappa shape index (κ2) is 5.57. The SMILES string of the molecule is O=C(O)N1CSC[C@H]1[C@@H](O)c1ccc(Cl)c(Cl)c1. The zero-order valence-corrected chi connectivity index (χ0v) is 11.5. The second-order valence-corrected chi connectivity index (χ2v) is 5.75. The Kier molecular flexibility index (Phi) is 4.27. The molecule has 1 aliphatic rings. The molecule has 7 heteroatoms. The molecule has 98 valence electrons. The average molecular weight is 308 g/mol. The van der Waals surface area contributed by atoms with Crippen LogP contribution in [0.3, 0.4) is 0 Å². The Labute approximate surface area is 118 Å². The summed E-state index contributed by atoms with van der Waals surface area (Å²) in [5.41, 5.74) is 0.572. The Bertz CT molecular complexity index is 472. The molecule has 0 saturated carbocycles. The van der Waals surface area contributed by atoms with Crippen molar-refractivity contribution in [2.75, 3.05) is 11.6 Å². The van der Waals surface area contributed by atoms with Crippen LogP contribution in [0.2, 0.25) is 10.0 Å². The van der Waals surface area contributed by atoms with Gasteiger partial charge in [-0.05, 0) is 17.7 Å². The lowest BCUT2D eigenvalue weighted by molar-refractivity contribution is 0.0721. The molecule has 4 nitrogen and oxygen atoms in total. The third-order valence-electron chi connectivity index (χ3n) is 2.81. The minimum absolute atomic E-state index is 0.348. The van der Waals surface area contributed by atoms with Crippen LogP contribution in [0.15, 0.2) is 18.2 Å². The van der Waals surface area contributed by atoms with E-state index in [1.165, 1.54) is 16.7 Å². The Hall–Kier alpha value is -0.620. The zero-order chi connectivity index (χ0) is 13.3. The number of thioether (sulfide) groups is 1. The van der Waals surface area contributed by atoms with Crippen molar-refractivity contribution in [3.63, 3.8) is 0 Å². The monoisotopic (exact) mass is 307 g/mol. The number of rotatable bonds is 2. The van der Waals surface area contributed by atoms with Crippen molar-refractivity contribution in [1.29, 1.82) is 0 Å². The molecular formula is C11H11Cl2NO3S. The van der Waals surface area contributed by atoms with E-state index in [0.717, 1.165) is 0 Å². The molecule has 2 atom stereocenters. The minimum atomic E-state index is -1.02. The normalized spacial score (nSPS) is 21.1. The lowest BCUT2D eigenvalue weighted by atomic mass is 10.0. The molecule has 0 unspecified atom stereocenters. The van der Waals surface area contributed by atoms with Gasteiger partial charge in [-0.1, -0.05) is 29.3 Å². The number of amides is 1. The van der Waals surface area contributed by atoms with Gasteiger partial charge >= 0.3 is 6.09 Å². The number of carboxylic acid groups (broad SMARTS) is 1. The van der Waals surface area contributed by atoms with E-state index in [-0.39, 0.29) is 0 Å². The Morgan fingerprint density at radius 1 is 1.44 bits per heavy atom. The molecule has 1 heterocycles. The van der Waals surface area contributed by atoms with Crippen molar-refractivity contribution in [2.24, 2.45) is 0 Å². The van der Waals surface area contributed by atoms with E-state index in [1.54, 1.807) is 18.2 Å². The lowest BCUT2D eigenvalue weighted by Crippen LogP contribution is -2.39. The number of benzene rings is 1. The van der Waals surface area contributed by atoms with Crippen LogP contribution in [0.4, 0.5) is 4.79 Å². The molecule has 0 radical (unpaired) electrons. The van der Waals surface area contributed by atoms with Crippen LogP contribution in [0.25, 0.3) is 0 Å². The van der Waals surface area contributed by atoms with Crippen LogP contribution in [0, 0.1) is 0 Å². The zero-order valence-electron chi connectivity index (χ0n) is 9.22. The fourth-order valence-electron chi connectivity index (χ4n) is 1.83. The van der Waals surface area contributed by atoms with Crippen molar-refractivity contribution >= 4 is 41.1 Å². The molecule has 1 fully saturated rings. The highest BCUT2D eigenvalue weighted by molar-refractivity contribution is 7.99. The highest BCUT2D eigenvalue weighted by atomic mass is 35.5. The maximum atomic E-state index is 11.0. The number of carbonyl (C=O) groups is 1. The average Bonchev–Trinajstić information content (AvgIpc) is 2.81. The number of hydrogen-bond donors (Lipinski definition) is 2. The maximum Gasteiger partial charge on any atom is 0.408 e. The van der Waals surface area contributed by atoms with E-state index in [9.17, 15) is 9.90 Å². The molecule has 2 rings (SSSR count). The first-order chi connectivity index (χ1) is 8.50. The van der Waals surface area contributed by atoms with E-state index < -0.39 is 18.2 Å². The fourth-order valence-corrected chi connectivity index (χ4v) is 3.35. The van der Waals surface area contributed by atoms with E-state index in [4.69, 9.17) is 28.3 Å². The predicted molar refractivity (Wildman–Crippen MR) is 72.4 cm³/mol. The van der Waals surface area contributed by atoms with Gasteiger partial charge in [-0.2, -0.15) is 0 Å². The number of aliphatic hydroxyl groups is 1. The summed E-state index contributed by atoms with van der Waals surface area (Å²) in [4.78, 5) is 12.3. The number of hydrogen-bond acceptors (Lipinski definition) is 3. The van der Waals surface area contributed by atoms with Crippen LogP contribution in [-0.2, 0) is 0 Å². The second-order valence-electron chi connectivity index (χ2n) is 3.94. The summed E-state index contributed by atoms with van der Waals surface area (Å²) in [5.74, 6) is 0.937. The van der Waals surface area contributed by atoms with Gasteiger partial charge in [-0.25, -0.2) is 4.79 Å². The maximum absolute atomic E-state index is 11.0. The molecular weight excluding hydrogens is 297 g/mol. The summed E-state index contributed by atoms with van der Waals surface area (Å²) in [6.07, 6.45) is -1.92. The van der Waals surface area contributed by atoms with Crippen LogP contribution < -0.4 is 0 Å². The number of aliphatic hydroxyl groups excluding tert-OH is 1. The predicted octanol–water partition coefficient (Wildman–Crippen LogP) is 3.08. The summed E-state index contributed by atoms with van der Waals surface area (Å²) in [5, 5.41) is 20.0. The van der Waals surface area contributed by atoms with Crippen LogP contribution in [0.1, 0.15) is 11.7 Å². The van der Waals surface area contributed by atoms with Gasteiger partial charge in [0, 0.05) is 5.75 Å². The standard InChI is InChI=1S/C11H11Cl2NO3S/c12-7-2-1-6(3-8(7)13)10(15)9-4-18-5-14(9)11(16)17/h1-3,9-10,15H,4-5H2,(H,16,17)/t9-,10-/m0/s1. The summed E-state index contributed by atoms with van der Waals surface area (Å²) in [6.45, 7) is 0. The van der Waals surface area contributed by atoms with Crippen molar-refractivity contribution in [3.05, 3.63) is 33.8 Å². The van der Waals surface area contributed by atoms with Crippen molar-refractivity contribution in [1.82, 2.24) is 4.90 Å². The number of halogens is 2. The van der Waals surface area contributed by atoms with Gasteiger partial charge in [0.2, 0.25) is 0 Å². The van der Waals surface area contributed by atoms with E-state index in [2.05, 4.69) is 0 Å². The topological polar surface area (TPSA) is 60.8 Å². The van der Waals surface area contributed by atoms with Crippen LogP contribution >= 0.6 is 35.0 Å². The Morgan fingerprint density at radius 3 is 2.78 bits per heavy atom. The van der Waals surface area contributed by atoms with Crippen molar-refractivity contribution < 1.29 is 15.0 Å². The Balaban J connectivity index is 2.22. The van der Waals surface area contributed by atoms with Gasteiger partial charge in [-0.3, -0.25) is 4.90 Å². The van der Waals surface area contributed by atoms with Gasteiger partial charge in [0.15, 0.2) is 0 Å². The highest BCUT2D eigenvalue weighted by Crippen LogP contribution is 2.33. The third-order valence-corrected chi connectivity index (χ3v) is 4.59. The fraction of sp³-hybridized carbons (Fsp3) is 0.364. The minimum Gasteiger partial charge on any atom is -0.465 e. The first-order valence-electron chi connectivity index (χ1n) is 5.21. The molecule has 1 aromatic rings. The molecule has 0 spiro atoms. The first kappa shape index (κ1) is 13.8. The molecule has 2 N–H and O–H groups in total. The summed E-state index contributed by atoms with van der Waals surface area (Å²) < 4.78 is 0. The van der Waals surface area contributed by atoms with Gasteiger partial charge in [0.1, 0.15) is 6.10 Å². The van der Waals surface area contributed by atoms with Crippen molar-refractivity contribution in [2.45, 2.75) is 12.1 Å². The molecule has 0 bridgehead atoms. The summed E-state index contributed by atoms with van der Waals surface area (Å²) in [7, 11) is 0. The number of nitrogens with zero attached hydrogens (tertiary/aromatic N) is 1. The largest absolute Gasteiger partial charge is 0.465 e. The quantitative estimate of drug-likeness (QED) is 0.881. The molecule has 1 aromatic carbocycles. The van der Waals surface area contributed by atoms with Crippen molar-refractivity contribution in [3.8, 4) is 0 Å². The highest BCUT2D eigenvalue weighted by Gasteiger charge is 2.35. The smallest absolute Gasteiger partial charge is 0.408 e. The van der Waals surface area contributed by atoms with E-state index in [0.29, 0.717) is 27.2 Å². The van der Waals surface area contributed by atoms with Gasteiger partial charge in [-0.15, -0.1) is 11.8 Å². The lowest BCUT2D eigenvalue weighted by Gasteiger charge is -2.25. The Morgan fingerprint density at radius 2 is 2.17 bits per heavy atom. The molecule has 18 heavy (non-hydrogen) atoms. The van der Waals surface area contributed by atoms with Gasteiger partial charge in [0.25, 0.3) is 0 Å². The van der Waals surface area contributed by atoms with Crippen LogP contribution in [0.5, 0.6) is 0 Å².